The molecule has 4 heteroatoms. The van der Waals surface area contributed by atoms with Crippen LogP contribution < -0.4 is 5.73 Å². The Kier molecular flexibility index (Phi) is 3.76. The highest BCUT2D eigenvalue weighted by Crippen LogP contribution is 2.22. The molecule has 0 saturated heterocycles. The Morgan fingerprint density at radius 2 is 1.74 bits per heavy atom. The molecule has 0 amide bonds. The molecule has 0 aliphatic heterocycles. The first kappa shape index (κ1) is 13.8. The average Bonchev–Trinajstić information content (AvgIpc) is 2.30. The first-order valence-electron chi connectivity index (χ1n) is 6.23. The maximum atomic E-state index is 5.87. The molecule has 0 saturated carbocycles. The molecule has 0 aliphatic rings. The minimum atomic E-state index is -0.0359. The Bertz CT molecular complexity index is 571. The van der Waals surface area contributed by atoms with Crippen LogP contribution >= 0.6 is 11.6 Å². The van der Waals surface area contributed by atoms with Gasteiger partial charge in [0.2, 0.25) is 0 Å². The fraction of sp³-hybridized carbons (Fsp3) is 0.333. The third-order valence-corrected chi connectivity index (χ3v) is 3.09. The van der Waals surface area contributed by atoms with Gasteiger partial charge in [-0.2, -0.15) is 0 Å². The van der Waals surface area contributed by atoms with Gasteiger partial charge < -0.3 is 5.73 Å². The van der Waals surface area contributed by atoms with E-state index in [-0.39, 0.29) is 5.41 Å². The molecule has 2 N–H and O–H groups in total. The standard InChI is InChI=1S/C15H18ClN3/c1-15(2,3)12-9-13(17)19-14(18-12)8-10-4-6-11(16)7-5-10/h4-7,9H,8H2,1-3H3,(H2,17,18,19). The molecule has 2 rings (SSSR count). The second-order valence-corrected chi connectivity index (χ2v) is 6.08. The zero-order chi connectivity index (χ0) is 14.0. The third kappa shape index (κ3) is 3.67. The van der Waals surface area contributed by atoms with Crippen molar-refractivity contribution >= 4 is 17.4 Å². The molecule has 0 unspecified atom stereocenters. The van der Waals surface area contributed by atoms with Crippen LogP contribution in [0.2, 0.25) is 5.02 Å². The van der Waals surface area contributed by atoms with E-state index >= 15 is 0 Å². The van der Waals surface area contributed by atoms with Gasteiger partial charge in [-0.25, -0.2) is 9.97 Å². The summed E-state index contributed by atoms with van der Waals surface area (Å²) in [6, 6.07) is 9.53. The molecular formula is C15H18ClN3. The molecule has 1 aromatic carbocycles. The van der Waals surface area contributed by atoms with E-state index in [1.165, 1.54) is 0 Å². The van der Waals surface area contributed by atoms with Crippen LogP contribution in [0.1, 0.15) is 37.9 Å². The maximum Gasteiger partial charge on any atom is 0.135 e. The number of nitrogens with two attached hydrogens (primary N) is 1. The largest absolute Gasteiger partial charge is 0.384 e. The molecule has 0 spiro atoms. The number of nitrogens with zero attached hydrogens (tertiary/aromatic N) is 2. The van der Waals surface area contributed by atoms with Gasteiger partial charge in [0.25, 0.3) is 0 Å². The zero-order valence-electron chi connectivity index (χ0n) is 11.4. The van der Waals surface area contributed by atoms with Crippen molar-refractivity contribution in [1.29, 1.82) is 0 Å². The number of hydrogen-bond donors (Lipinski definition) is 1. The summed E-state index contributed by atoms with van der Waals surface area (Å²) in [6.07, 6.45) is 0.658. The maximum absolute atomic E-state index is 5.87. The molecular weight excluding hydrogens is 258 g/mol. The smallest absolute Gasteiger partial charge is 0.135 e. The lowest BCUT2D eigenvalue weighted by Crippen LogP contribution is -2.16. The second-order valence-electron chi connectivity index (χ2n) is 5.65. The van der Waals surface area contributed by atoms with E-state index < -0.39 is 0 Å². The number of anilines is 1. The number of halogens is 1. The van der Waals surface area contributed by atoms with Crippen molar-refractivity contribution in [3.8, 4) is 0 Å². The summed E-state index contributed by atoms with van der Waals surface area (Å²) in [7, 11) is 0. The van der Waals surface area contributed by atoms with Crippen molar-refractivity contribution in [3.05, 3.63) is 52.4 Å². The van der Waals surface area contributed by atoms with Gasteiger partial charge in [-0.15, -0.1) is 0 Å². The quantitative estimate of drug-likeness (QED) is 0.911. The van der Waals surface area contributed by atoms with Gasteiger partial charge in [0.1, 0.15) is 11.6 Å². The Morgan fingerprint density at radius 3 is 2.32 bits per heavy atom. The zero-order valence-corrected chi connectivity index (χ0v) is 12.2. The monoisotopic (exact) mass is 275 g/mol. The predicted molar refractivity (Wildman–Crippen MR) is 79.4 cm³/mol. The number of rotatable bonds is 2. The topological polar surface area (TPSA) is 51.8 Å². The molecule has 19 heavy (non-hydrogen) atoms. The van der Waals surface area contributed by atoms with E-state index in [2.05, 4.69) is 30.7 Å². The molecule has 1 heterocycles. The van der Waals surface area contributed by atoms with Crippen LogP contribution in [0.4, 0.5) is 5.82 Å². The average molecular weight is 276 g/mol. The summed E-state index contributed by atoms with van der Waals surface area (Å²) in [4.78, 5) is 8.90. The van der Waals surface area contributed by atoms with Crippen molar-refractivity contribution in [1.82, 2.24) is 9.97 Å². The summed E-state index contributed by atoms with van der Waals surface area (Å²) in [5.74, 6) is 1.26. The van der Waals surface area contributed by atoms with E-state index in [1.807, 2.05) is 30.3 Å². The summed E-state index contributed by atoms with van der Waals surface area (Å²) in [5, 5.41) is 0.729. The van der Waals surface area contributed by atoms with Crippen molar-refractivity contribution in [3.63, 3.8) is 0 Å². The van der Waals surface area contributed by atoms with E-state index in [4.69, 9.17) is 17.3 Å². The van der Waals surface area contributed by atoms with Crippen LogP contribution in [0.15, 0.2) is 30.3 Å². The van der Waals surface area contributed by atoms with Gasteiger partial charge in [0.15, 0.2) is 0 Å². The molecule has 0 fully saturated rings. The summed E-state index contributed by atoms with van der Waals surface area (Å²) < 4.78 is 0. The fourth-order valence-corrected chi connectivity index (χ4v) is 1.89. The van der Waals surface area contributed by atoms with E-state index in [9.17, 15) is 0 Å². The molecule has 3 nitrogen and oxygen atoms in total. The normalized spacial score (nSPS) is 11.6. The Labute approximate surface area is 118 Å². The number of benzene rings is 1. The van der Waals surface area contributed by atoms with Gasteiger partial charge in [-0.3, -0.25) is 0 Å². The highest BCUT2D eigenvalue weighted by molar-refractivity contribution is 6.30. The van der Waals surface area contributed by atoms with E-state index in [0.717, 1.165) is 22.1 Å². The SMILES string of the molecule is CC(C)(C)c1cc(N)nc(Cc2ccc(Cl)cc2)n1. The van der Waals surface area contributed by atoms with Crippen molar-refractivity contribution < 1.29 is 0 Å². The molecule has 0 radical (unpaired) electrons. The summed E-state index contributed by atoms with van der Waals surface area (Å²) in [6.45, 7) is 6.34. The Hall–Kier alpha value is -1.61. The van der Waals surface area contributed by atoms with Gasteiger partial charge in [0.05, 0.1) is 5.69 Å². The number of hydrogen-bond acceptors (Lipinski definition) is 3. The van der Waals surface area contributed by atoms with Gasteiger partial charge in [0, 0.05) is 22.9 Å². The third-order valence-electron chi connectivity index (χ3n) is 2.84. The lowest BCUT2D eigenvalue weighted by Gasteiger charge is -2.18. The van der Waals surface area contributed by atoms with Crippen LogP contribution in [-0.4, -0.2) is 9.97 Å². The second kappa shape index (κ2) is 5.17. The highest BCUT2D eigenvalue weighted by Gasteiger charge is 2.17. The van der Waals surface area contributed by atoms with Crippen LogP contribution in [0.3, 0.4) is 0 Å². The van der Waals surface area contributed by atoms with Gasteiger partial charge in [-0.1, -0.05) is 44.5 Å². The molecule has 0 aliphatic carbocycles. The van der Waals surface area contributed by atoms with Crippen LogP contribution in [-0.2, 0) is 11.8 Å². The van der Waals surface area contributed by atoms with Crippen molar-refractivity contribution in [2.45, 2.75) is 32.6 Å². The van der Waals surface area contributed by atoms with Crippen LogP contribution in [0, 0.1) is 0 Å². The van der Waals surface area contributed by atoms with Gasteiger partial charge >= 0.3 is 0 Å². The first-order chi connectivity index (χ1) is 8.84. The Morgan fingerprint density at radius 1 is 1.11 bits per heavy atom. The predicted octanol–water partition coefficient (Wildman–Crippen LogP) is 3.60. The van der Waals surface area contributed by atoms with Gasteiger partial charge in [-0.05, 0) is 17.7 Å². The minimum absolute atomic E-state index is 0.0359. The highest BCUT2D eigenvalue weighted by atomic mass is 35.5. The minimum Gasteiger partial charge on any atom is -0.384 e. The molecule has 100 valence electrons. The summed E-state index contributed by atoms with van der Waals surface area (Å²) >= 11 is 5.87. The Balaban J connectivity index is 2.30. The molecule has 0 bridgehead atoms. The summed E-state index contributed by atoms with van der Waals surface area (Å²) in [5.41, 5.74) is 7.91. The lowest BCUT2D eigenvalue weighted by molar-refractivity contribution is 0.563. The molecule has 2 aromatic rings. The van der Waals surface area contributed by atoms with E-state index in [0.29, 0.717) is 12.2 Å². The van der Waals surface area contributed by atoms with Crippen LogP contribution in [0.5, 0.6) is 0 Å². The van der Waals surface area contributed by atoms with Crippen LogP contribution in [0.25, 0.3) is 0 Å². The number of aromatic nitrogens is 2. The van der Waals surface area contributed by atoms with Crippen molar-refractivity contribution in [2.24, 2.45) is 0 Å². The van der Waals surface area contributed by atoms with Crippen molar-refractivity contribution in [2.75, 3.05) is 5.73 Å². The first-order valence-corrected chi connectivity index (χ1v) is 6.61. The molecule has 1 aromatic heterocycles. The number of nitrogen functional groups attached to an aromatic ring is 1. The lowest BCUT2D eigenvalue weighted by atomic mass is 9.92. The fourth-order valence-electron chi connectivity index (χ4n) is 1.77. The van der Waals surface area contributed by atoms with E-state index in [1.54, 1.807) is 0 Å². The molecule has 0 atom stereocenters.